The Balaban J connectivity index is -0.000000604. The van der Waals surface area contributed by atoms with Crippen molar-refractivity contribution in [3.63, 3.8) is 0 Å². The molecule has 0 rings (SSSR count). The first-order valence-electron chi connectivity index (χ1n) is 17.5. The molecule has 0 aliphatic rings. The average Bonchev–Trinajstić information content (AvgIpc) is 2.89. The van der Waals surface area contributed by atoms with E-state index in [4.69, 9.17) is 17.5 Å². The summed E-state index contributed by atoms with van der Waals surface area (Å²) in [7, 11) is 4.18. The lowest BCUT2D eigenvalue weighted by atomic mass is 10.0. The van der Waals surface area contributed by atoms with Crippen molar-refractivity contribution in [2.45, 2.75) is 194 Å². The van der Waals surface area contributed by atoms with Gasteiger partial charge in [-0.15, -0.1) is 0 Å². The van der Waals surface area contributed by atoms with Crippen LogP contribution in [0.15, 0.2) is 0 Å². The Kier molecular flexibility index (Phi) is 37.8. The summed E-state index contributed by atoms with van der Waals surface area (Å²) < 4.78 is 31.6. The molecule has 0 radical (unpaired) electrons. The third-order valence-corrected chi connectivity index (χ3v) is 8.18. The van der Waals surface area contributed by atoms with Crippen molar-refractivity contribution >= 4 is 10.4 Å². The summed E-state index contributed by atoms with van der Waals surface area (Å²) in [5.41, 5.74) is 0. The normalized spacial score (nSPS) is 13.0. The van der Waals surface area contributed by atoms with E-state index in [1.54, 1.807) is 0 Å². The Morgan fingerprint density at radius 2 is 0.634 bits per heavy atom. The van der Waals surface area contributed by atoms with Gasteiger partial charge in [-0.3, -0.25) is 9.11 Å². The van der Waals surface area contributed by atoms with Crippen LogP contribution in [0.5, 0.6) is 0 Å². The lowest BCUT2D eigenvalue weighted by Crippen LogP contribution is -2.26. The van der Waals surface area contributed by atoms with Gasteiger partial charge < -0.3 is 9.80 Å². The molecule has 0 aromatic rings. The van der Waals surface area contributed by atoms with E-state index >= 15 is 0 Å². The highest BCUT2D eigenvalue weighted by Crippen LogP contribution is 2.15. The molecule has 252 valence electrons. The molecule has 2 unspecified atom stereocenters. The second-order valence-electron chi connectivity index (χ2n) is 12.4. The van der Waals surface area contributed by atoms with Crippen LogP contribution in [0.25, 0.3) is 0 Å². The van der Waals surface area contributed by atoms with Gasteiger partial charge >= 0.3 is 10.4 Å². The summed E-state index contributed by atoms with van der Waals surface area (Å²) >= 11 is 0. The van der Waals surface area contributed by atoms with Gasteiger partial charge in [-0.2, -0.15) is 8.42 Å². The van der Waals surface area contributed by atoms with Gasteiger partial charge in [-0.1, -0.05) is 156 Å². The molecule has 0 bridgehead atoms. The van der Waals surface area contributed by atoms with Gasteiger partial charge in [0.05, 0.1) is 0 Å². The Labute approximate surface area is 259 Å². The fourth-order valence-corrected chi connectivity index (χ4v) is 5.39. The first-order valence-corrected chi connectivity index (χ1v) is 18.9. The van der Waals surface area contributed by atoms with E-state index in [9.17, 15) is 0 Å². The number of nitrogens with zero attached hydrogens (tertiary/aromatic N) is 2. The highest BCUT2D eigenvalue weighted by atomic mass is 32.3. The molecule has 2 N–H and O–H groups in total. The molecule has 2 atom stereocenters. The minimum Gasteiger partial charge on any atom is -0.306 e. The topological polar surface area (TPSA) is 81.1 Å². The van der Waals surface area contributed by atoms with Gasteiger partial charge in [0.1, 0.15) is 0 Å². The zero-order chi connectivity index (χ0) is 31.8. The highest BCUT2D eigenvalue weighted by Gasteiger charge is 2.08. The molecule has 0 aromatic heterocycles. The molecule has 6 nitrogen and oxygen atoms in total. The van der Waals surface area contributed by atoms with Crippen molar-refractivity contribution in [3.05, 3.63) is 0 Å². The fourth-order valence-electron chi connectivity index (χ4n) is 5.39. The van der Waals surface area contributed by atoms with Crippen LogP contribution in [0.2, 0.25) is 0 Å². The molecular formula is C34H76N2O4S. The molecule has 0 heterocycles. The van der Waals surface area contributed by atoms with Gasteiger partial charge in [0.25, 0.3) is 0 Å². The molecule has 7 heteroatoms. The number of hydrogen-bond acceptors (Lipinski definition) is 4. The molecule has 0 aliphatic heterocycles. The Hall–Kier alpha value is -0.210. The predicted octanol–water partition coefficient (Wildman–Crippen LogP) is 10.6. The van der Waals surface area contributed by atoms with Crippen LogP contribution in [0, 0.1) is 0 Å². The van der Waals surface area contributed by atoms with Crippen LogP contribution in [0.4, 0.5) is 0 Å². The minimum atomic E-state index is -4.67. The minimum absolute atomic E-state index is 0.805. The van der Waals surface area contributed by atoms with Crippen LogP contribution < -0.4 is 0 Å². The molecule has 0 aromatic carbocycles. The molecule has 0 spiro atoms. The monoisotopic (exact) mass is 609 g/mol. The van der Waals surface area contributed by atoms with Crippen LogP contribution in [-0.4, -0.2) is 67.6 Å². The second kappa shape index (κ2) is 34.3. The number of unbranched alkanes of at least 4 members (excludes halogenated alkanes) is 18. The lowest BCUT2D eigenvalue weighted by molar-refractivity contribution is 0.264. The van der Waals surface area contributed by atoms with E-state index in [1.165, 1.54) is 154 Å². The maximum absolute atomic E-state index is 8.74. The predicted molar refractivity (Wildman–Crippen MR) is 183 cm³/mol. The third kappa shape index (κ3) is 44.4. The van der Waals surface area contributed by atoms with E-state index in [0.717, 1.165) is 12.1 Å². The van der Waals surface area contributed by atoms with E-state index < -0.39 is 10.4 Å². The van der Waals surface area contributed by atoms with Crippen LogP contribution in [0.3, 0.4) is 0 Å². The van der Waals surface area contributed by atoms with Crippen LogP contribution in [-0.2, 0) is 10.4 Å². The van der Waals surface area contributed by atoms with Gasteiger partial charge in [0, 0.05) is 12.1 Å². The van der Waals surface area contributed by atoms with Gasteiger partial charge in [0.2, 0.25) is 0 Å². The molecule has 0 fully saturated rings. The molecule has 0 saturated heterocycles. The Morgan fingerprint density at radius 1 is 0.439 bits per heavy atom. The van der Waals surface area contributed by atoms with Crippen LogP contribution >= 0.6 is 0 Å². The van der Waals surface area contributed by atoms with Gasteiger partial charge in [-0.05, 0) is 53.9 Å². The fraction of sp³-hybridized carbons (Fsp3) is 1.00. The molecule has 0 saturated carbocycles. The van der Waals surface area contributed by atoms with E-state index in [0.29, 0.717) is 0 Å². The van der Waals surface area contributed by atoms with Crippen molar-refractivity contribution in [2.75, 3.05) is 28.2 Å². The summed E-state index contributed by atoms with van der Waals surface area (Å²) in [4.78, 5) is 4.77. The second-order valence-corrected chi connectivity index (χ2v) is 13.3. The van der Waals surface area contributed by atoms with Crippen molar-refractivity contribution in [1.82, 2.24) is 9.80 Å². The first kappa shape index (κ1) is 45.2. The smallest absolute Gasteiger partial charge is 0.306 e. The van der Waals surface area contributed by atoms with Gasteiger partial charge in [0.15, 0.2) is 0 Å². The SMILES string of the molecule is CCCCCCCCCCCCC(CC)N(C)C.CCCCCCCCCCCCC(CC)N(C)C.O=S(=O)(O)O. The van der Waals surface area contributed by atoms with Crippen molar-refractivity contribution in [2.24, 2.45) is 0 Å². The van der Waals surface area contributed by atoms with E-state index in [-0.39, 0.29) is 0 Å². The quantitative estimate of drug-likeness (QED) is 0.0751. The Morgan fingerprint density at radius 3 is 0.805 bits per heavy atom. The largest absolute Gasteiger partial charge is 0.394 e. The van der Waals surface area contributed by atoms with Crippen molar-refractivity contribution in [1.29, 1.82) is 0 Å². The summed E-state index contributed by atoms with van der Waals surface area (Å²) in [6, 6.07) is 1.61. The maximum Gasteiger partial charge on any atom is 0.394 e. The number of rotatable bonds is 26. The summed E-state index contributed by atoms with van der Waals surface area (Å²) in [6.07, 6.45) is 34.2. The first-order chi connectivity index (χ1) is 19.4. The highest BCUT2D eigenvalue weighted by molar-refractivity contribution is 7.79. The molecule has 0 aliphatic carbocycles. The van der Waals surface area contributed by atoms with Crippen molar-refractivity contribution < 1.29 is 17.5 Å². The summed E-state index contributed by atoms with van der Waals surface area (Å²) in [5, 5.41) is 0. The van der Waals surface area contributed by atoms with Crippen LogP contribution in [0.1, 0.15) is 182 Å². The zero-order valence-corrected chi connectivity index (χ0v) is 30.0. The number of hydrogen-bond donors (Lipinski definition) is 2. The third-order valence-electron chi connectivity index (χ3n) is 8.18. The molecule has 0 amide bonds. The Bertz CT molecular complexity index is 541. The van der Waals surface area contributed by atoms with E-state index in [2.05, 4.69) is 65.7 Å². The lowest BCUT2D eigenvalue weighted by Gasteiger charge is -2.22. The van der Waals surface area contributed by atoms with E-state index in [1.807, 2.05) is 0 Å². The zero-order valence-electron chi connectivity index (χ0n) is 29.1. The average molecular weight is 609 g/mol. The summed E-state index contributed by atoms with van der Waals surface area (Å²) in [5.74, 6) is 0. The molecular weight excluding hydrogens is 532 g/mol. The molecule has 41 heavy (non-hydrogen) atoms. The van der Waals surface area contributed by atoms with Crippen molar-refractivity contribution in [3.8, 4) is 0 Å². The summed E-state index contributed by atoms with van der Waals surface area (Å²) in [6.45, 7) is 9.19. The standard InChI is InChI=1S/2C17H37N.H2O4S/c2*1-5-7-8-9-10-11-12-13-14-15-16-17(6-2)18(3)4;1-5(2,3)4/h2*17H,5-16H2,1-4H3;(H2,1,2,3,4). The van der Waals surface area contributed by atoms with Gasteiger partial charge in [-0.25, -0.2) is 0 Å². The maximum atomic E-state index is 8.74.